The van der Waals surface area contributed by atoms with Crippen LogP contribution in [0.3, 0.4) is 0 Å². The first-order valence-corrected chi connectivity index (χ1v) is 11.6. The third-order valence-corrected chi connectivity index (χ3v) is 6.85. The molecule has 1 amide bonds. The average molecular weight is 504 g/mol. The van der Waals surface area contributed by atoms with E-state index in [0.29, 0.717) is 43.8 Å². The third-order valence-electron chi connectivity index (χ3n) is 5.02. The number of anilines is 1. The van der Waals surface area contributed by atoms with Crippen molar-refractivity contribution in [2.75, 3.05) is 12.4 Å². The third kappa shape index (κ3) is 4.55. The van der Waals surface area contributed by atoms with Crippen molar-refractivity contribution in [1.29, 1.82) is 0 Å². The molecule has 170 valence electrons. The number of nitrogens with zero attached hydrogens (tertiary/aromatic N) is 2. The Bertz CT molecular complexity index is 1490. The fourth-order valence-corrected chi connectivity index (χ4v) is 4.97. The van der Waals surface area contributed by atoms with E-state index in [0.717, 1.165) is 9.44 Å². The maximum absolute atomic E-state index is 13.4. The average Bonchev–Trinajstić information content (AvgIpc) is 3.22. The normalized spacial score (nSPS) is 11.0. The van der Waals surface area contributed by atoms with Gasteiger partial charge in [-0.3, -0.25) is 14.2 Å². The Morgan fingerprint density at radius 2 is 1.91 bits per heavy atom. The van der Waals surface area contributed by atoms with Crippen LogP contribution in [0.15, 0.2) is 58.1 Å². The zero-order valence-electron chi connectivity index (χ0n) is 17.7. The molecule has 0 aliphatic heterocycles. The number of hydrogen-bond donors (Lipinski definition) is 1. The van der Waals surface area contributed by atoms with E-state index in [1.165, 1.54) is 29.1 Å². The molecular formula is C23H19Cl2N3O4S. The number of rotatable bonds is 6. The maximum Gasteiger partial charge on any atom is 0.337 e. The lowest BCUT2D eigenvalue weighted by Crippen LogP contribution is -2.40. The van der Waals surface area contributed by atoms with Crippen LogP contribution in [0.2, 0.25) is 10.0 Å². The van der Waals surface area contributed by atoms with Gasteiger partial charge in [0, 0.05) is 15.6 Å². The minimum absolute atomic E-state index is 0.288. The fourth-order valence-electron chi connectivity index (χ4n) is 3.44. The molecule has 0 aliphatic rings. The van der Waals surface area contributed by atoms with E-state index < -0.39 is 17.2 Å². The number of aromatic nitrogens is 2. The number of benzene rings is 2. The van der Waals surface area contributed by atoms with Crippen molar-refractivity contribution < 1.29 is 9.53 Å². The number of ether oxygens (including phenoxy) is 1. The fraction of sp³-hybridized carbons (Fsp3) is 0.174. The molecule has 0 bridgehead atoms. The molecule has 0 radical (unpaired) electrons. The van der Waals surface area contributed by atoms with E-state index in [-0.39, 0.29) is 6.54 Å². The number of aryl methyl sites for hydroxylation is 1. The van der Waals surface area contributed by atoms with Crippen molar-refractivity contribution >= 4 is 56.3 Å². The molecule has 1 N–H and O–H groups in total. The molecule has 0 saturated carbocycles. The molecule has 2 heterocycles. The summed E-state index contributed by atoms with van der Waals surface area (Å²) in [5.41, 5.74) is -0.285. The Morgan fingerprint density at radius 1 is 1.12 bits per heavy atom. The van der Waals surface area contributed by atoms with Crippen LogP contribution in [-0.2, 0) is 17.8 Å². The van der Waals surface area contributed by atoms with E-state index in [1.807, 2.05) is 6.92 Å². The highest BCUT2D eigenvalue weighted by Crippen LogP contribution is 2.27. The molecule has 4 rings (SSSR count). The molecule has 2 aromatic heterocycles. The van der Waals surface area contributed by atoms with Gasteiger partial charge in [-0.1, -0.05) is 36.2 Å². The van der Waals surface area contributed by atoms with Crippen molar-refractivity contribution in [2.24, 2.45) is 0 Å². The molecule has 10 heteroatoms. The van der Waals surface area contributed by atoms with Crippen molar-refractivity contribution in [3.05, 3.63) is 84.3 Å². The Labute approximate surface area is 202 Å². The van der Waals surface area contributed by atoms with Gasteiger partial charge < -0.3 is 10.1 Å². The zero-order valence-corrected chi connectivity index (χ0v) is 20.1. The number of hydrogen-bond acceptors (Lipinski definition) is 5. The lowest BCUT2D eigenvalue weighted by molar-refractivity contribution is -0.116. The molecular weight excluding hydrogens is 485 g/mol. The van der Waals surface area contributed by atoms with Gasteiger partial charge in [0.25, 0.3) is 5.56 Å². The van der Waals surface area contributed by atoms with Gasteiger partial charge in [-0.2, -0.15) is 0 Å². The Balaban J connectivity index is 1.80. The maximum atomic E-state index is 13.4. The van der Waals surface area contributed by atoms with Crippen LogP contribution in [0, 0.1) is 0 Å². The first-order valence-electron chi connectivity index (χ1n) is 10.00. The summed E-state index contributed by atoms with van der Waals surface area (Å²) in [6.45, 7) is 1.67. The lowest BCUT2D eigenvalue weighted by atomic mass is 10.3. The molecule has 0 atom stereocenters. The first kappa shape index (κ1) is 23.1. The number of amides is 1. The van der Waals surface area contributed by atoms with Crippen LogP contribution >= 0.6 is 34.5 Å². The molecule has 0 unspecified atom stereocenters. The summed E-state index contributed by atoms with van der Waals surface area (Å²) in [5.74, 6) is 0.0363. The van der Waals surface area contributed by atoms with Gasteiger partial charge in [0.2, 0.25) is 5.91 Å². The van der Waals surface area contributed by atoms with E-state index in [9.17, 15) is 14.4 Å². The van der Waals surface area contributed by atoms with Gasteiger partial charge in [0.05, 0.1) is 23.2 Å². The number of halogens is 2. The first-order chi connectivity index (χ1) is 15.8. The van der Waals surface area contributed by atoms with Gasteiger partial charge in [0.15, 0.2) is 0 Å². The number of carbonyl (C=O) groups is 1. The molecule has 2 aromatic carbocycles. The molecule has 4 aromatic rings. The predicted molar refractivity (Wildman–Crippen MR) is 133 cm³/mol. The largest absolute Gasteiger partial charge is 0.495 e. The van der Waals surface area contributed by atoms with Gasteiger partial charge in [-0.25, -0.2) is 9.36 Å². The van der Waals surface area contributed by atoms with Crippen molar-refractivity contribution in [3.63, 3.8) is 0 Å². The highest BCUT2D eigenvalue weighted by Gasteiger charge is 2.19. The molecule has 0 spiro atoms. The molecule has 0 saturated heterocycles. The molecule has 7 nitrogen and oxygen atoms in total. The van der Waals surface area contributed by atoms with E-state index in [4.69, 9.17) is 27.9 Å². The van der Waals surface area contributed by atoms with Crippen molar-refractivity contribution in [2.45, 2.75) is 19.9 Å². The number of carbonyl (C=O) groups excluding carboxylic acids is 1. The summed E-state index contributed by atoms with van der Waals surface area (Å²) >= 11 is 13.5. The number of thiophene rings is 1. The standard InChI is InChI=1S/C23H19Cl2N3O4S/c1-3-16-11-17-21(30)28(15-6-4-5-13(24)9-15)23(31)27(22(17)33-16)12-20(29)26-14-7-8-19(32-2)18(25)10-14/h4-11H,3,12H2,1-2H3,(H,26,29). The molecule has 0 aliphatic carbocycles. The quantitative estimate of drug-likeness (QED) is 0.412. The second-order valence-corrected chi connectivity index (χ2v) is 9.13. The summed E-state index contributed by atoms with van der Waals surface area (Å²) in [4.78, 5) is 40.9. The lowest BCUT2D eigenvalue weighted by Gasteiger charge is -2.13. The summed E-state index contributed by atoms with van der Waals surface area (Å²) in [6.07, 6.45) is 0.695. The van der Waals surface area contributed by atoms with Crippen LogP contribution in [-0.4, -0.2) is 22.2 Å². The van der Waals surface area contributed by atoms with Crippen LogP contribution in [0.25, 0.3) is 15.9 Å². The minimum atomic E-state index is -0.623. The number of fused-ring (bicyclic) bond motifs is 1. The Kier molecular flexibility index (Phi) is 6.60. The monoisotopic (exact) mass is 503 g/mol. The predicted octanol–water partition coefficient (Wildman–Crippen LogP) is 4.73. The minimum Gasteiger partial charge on any atom is -0.495 e. The van der Waals surface area contributed by atoms with Crippen LogP contribution < -0.4 is 21.3 Å². The molecule has 33 heavy (non-hydrogen) atoms. The number of methoxy groups -OCH3 is 1. The summed E-state index contributed by atoms with van der Waals surface area (Å²) < 4.78 is 7.47. The van der Waals surface area contributed by atoms with E-state index in [2.05, 4.69) is 5.32 Å². The van der Waals surface area contributed by atoms with E-state index >= 15 is 0 Å². The van der Waals surface area contributed by atoms with Gasteiger partial charge in [-0.15, -0.1) is 11.3 Å². The van der Waals surface area contributed by atoms with Crippen LogP contribution in [0.1, 0.15) is 11.8 Å². The van der Waals surface area contributed by atoms with Crippen molar-refractivity contribution in [3.8, 4) is 11.4 Å². The second-order valence-electron chi connectivity index (χ2n) is 7.17. The second kappa shape index (κ2) is 9.43. The van der Waals surface area contributed by atoms with Crippen molar-refractivity contribution in [1.82, 2.24) is 9.13 Å². The summed E-state index contributed by atoms with van der Waals surface area (Å²) in [7, 11) is 1.50. The van der Waals surface area contributed by atoms with E-state index in [1.54, 1.807) is 42.5 Å². The van der Waals surface area contributed by atoms with Crippen LogP contribution in [0.4, 0.5) is 5.69 Å². The highest BCUT2D eigenvalue weighted by atomic mass is 35.5. The summed E-state index contributed by atoms with van der Waals surface area (Å²) in [6, 6.07) is 13.1. The topological polar surface area (TPSA) is 82.3 Å². The Morgan fingerprint density at radius 3 is 2.58 bits per heavy atom. The van der Waals surface area contributed by atoms with Gasteiger partial charge in [0.1, 0.15) is 17.1 Å². The SMILES string of the molecule is CCc1cc2c(=O)n(-c3cccc(Cl)c3)c(=O)n(CC(=O)Nc3ccc(OC)c(Cl)c3)c2s1. The molecule has 0 fully saturated rings. The Hall–Kier alpha value is -3.07. The summed E-state index contributed by atoms with van der Waals surface area (Å²) in [5, 5.41) is 3.84. The smallest absolute Gasteiger partial charge is 0.337 e. The highest BCUT2D eigenvalue weighted by molar-refractivity contribution is 7.18. The number of nitrogens with one attached hydrogen (secondary N) is 1. The zero-order chi connectivity index (χ0) is 23.7. The van der Waals surface area contributed by atoms with Gasteiger partial charge in [-0.05, 0) is 48.9 Å². The van der Waals surface area contributed by atoms with Gasteiger partial charge >= 0.3 is 5.69 Å². The van der Waals surface area contributed by atoms with Crippen LogP contribution in [0.5, 0.6) is 5.75 Å².